The van der Waals surface area contributed by atoms with Gasteiger partial charge in [-0.05, 0) is 40.2 Å². The maximum atomic E-state index is 11.7. The van der Waals surface area contributed by atoms with Crippen LogP contribution in [0.5, 0.6) is 0 Å². The van der Waals surface area contributed by atoms with Crippen molar-refractivity contribution in [3.05, 3.63) is 0 Å². The van der Waals surface area contributed by atoms with Gasteiger partial charge in [-0.1, -0.05) is 0 Å². The third-order valence-corrected chi connectivity index (χ3v) is 4.74. The maximum absolute atomic E-state index is 11.7. The Balaban J connectivity index is 4.36. The van der Waals surface area contributed by atoms with E-state index in [2.05, 4.69) is 6.07 Å². The normalized spacial score (nSPS) is 14.6. The minimum atomic E-state index is -3.10. The summed E-state index contributed by atoms with van der Waals surface area (Å²) >= 11 is 0. The van der Waals surface area contributed by atoms with E-state index in [9.17, 15) is 8.42 Å². The predicted octanol–water partition coefficient (Wildman–Crippen LogP) is 1.08. The Labute approximate surface area is 92.4 Å². The lowest BCUT2D eigenvalue weighted by atomic mass is 9.93. The van der Waals surface area contributed by atoms with Gasteiger partial charge in [0.25, 0.3) is 0 Å². The van der Waals surface area contributed by atoms with Crippen molar-refractivity contribution in [3.63, 3.8) is 0 Å². The molecule has 5 heteroatoms. The minimum absolute atomic E-state index is 0.0642. The summed E-state index contributed by atoms with van der Waals surface area (Å²) in [6.45, 7) is 5.54. The van der Waals surface area contributed by atoms with Gasteiger partial charge in [-0.3, -0.25) is 0 Å². The lowest BCUT2D eigenvalue weighted by Gasteiger charge is -2.17. The molecule has 0 radical (unpaired) electrons. The second-order valence-corrected chi connectivity index (χ2v) is 7.04. The number of nitrogens with two attached hydrogens (primary N) is 1. The van der Waals surface area contributed by atoms with Crippen molar-refractivity contribution in [3.8, 4) is 6.07 Å². The largest absolute Gasteiger partial charge is 0.330 e. The van der Waals surface area contributed by atoms with E-state index in [0.717, 1.165) is 0 Å². The van der Waals surface area contributed by atoms with Gasteiger partial charge >= 0.3 is 0 Å². The molecule has 0 aliphatic rings. The molecule has 0 bridgehead atoms. The van der Waals surface area contributed by atoms with Crippen LogP contribution in [0.15, 0.2) is 0 Å². The van der Waals surface area contributed by atoms with Gasteiger partial charge in [-0.15, -0.1) is 0 Å². The van der Waals surface area contributed by atoms with Gasteiger partial charge in [0.1, 0.15) is 0 Å². The summed E-state index contributed by atoms with van der Waals surface area (Å²) in [5.41, 5.74) is 4.74. The van der Waals surface area contributed by atoms with E-state index >= 15 is 0 Å². The zero-order valence-electron chi connectivity index (χ0n) is 9.66. The second-order valence-electron chi connectivity index (χ2n) is 4.50. The summed E-state index contributed by atoms with van der Waals surface area (Å²) in [6, 6.07) is 2.10. The monoisotopic (exact) mass is 232 g/mol. The number of rotatable bonds is 6. The van der Waals surface area contributed by atoms with Crippen molar-refractivity contribution in [2.45, 2.75) is 38.9 Å². The quantitative estimate of drug-likeness (QED) is 0.742. The number of nitrogens with zero attached hydrogens (tertiary/aromatic N) is 1. The summed E-state index contributed by atoms with van der Waals surface area (Å²) in [6.07, 6.45) is 0.857. The van der Waals surface area contributed by atoms with Crippen LogP contribution in [0.25, 0.3) is 0 Å². The van der Waals surface area contributed by atoms with Crippen LogP contribution < -0.4 is 5.73 Å². The fourth-order valence-corrected chi connectivity index (χ4v) is 2.76. The van der Waals surface area contributed by atoms with Gasteiger partial charge in [0.05, 0.1) is 22.5 Å². The molecule has 0 aromatic rings. The van der Waals surface area contributed by atoms with Crippen LogP contribution in [0.3, 0.4) is 0 Å². The Hall–Kier alpha value is -0.600. The Morgan fingerprint density at radius 3 is 2.40 bits per heavy atom. The highest BCUT2D eigenvalue weighted by Gasteiger charge is 2.25. The van der Waals surface area contributed by atoms with Gasteiger partial charge < -0.3 is 5.73 Å². The standard InChI is InChI=1S/C10H20N2O2S/c1-9(4-6-11)15(13,14)7-5-10(2,3)8-12/h9H,4-7,11H2,1-3H3. The molecular formula is C10H20N2O2S. The smallest absolute Gasteiger partial charge is 0.153 e. The average Bonchev–Trinajstić information content (AvgIpc) is 2.16. The number of sulfone groups is 1. The Morgan fingerprint density at radius 1 is 1.47 bits per heavy atom. The molecule has 1 atom stereocenters. The van der Waals surface area contributed by atoms with E-state index in [1.165, 1.54) is 0 Å². The molecule has 88 valence electrons. The fraction of sp³-hybridized carbons (Fsp3) is 0.900. The van der Waals surface area contributed by atoms with Crippen molar-refractivity contribution in [1.29, 1.82) is 5.26 Å². The molecule has 0 saturated heterocycles. The third kappa shape index (κ3) is 5.14. The molecule has 2 N–H and O–H groups in total. The summed E-state index contributed by atoms with van der Waals surface area (Å²) in [4.78, 5) is 0. The first-order valence-corrected chi connectivity index (χ1v) is 6.79. The molecule has 0 aromatic carbocycles. The zero-order chi connectivity index (χ0) is 12.1. The first-order valence-electron chi connectivity index (χ1n) is 5.08. The lowest BCUT2D eigenvalue weighted by Crippen LogP contribution is -2.26. The van der Waals surface area contributed by atoms with Crippen LogP contribution in [-0.2, 0) is 9.84 Å². The van der Waals surface area contributed by atoms with E-state index in [4.69, 9.17) is 11.0 Å². The lowest BCUT2D eigenvalue weighted by molar-refractivity contribution is 0.471. The SMILES string of the molecule is CC(CCN)S(=O)(=O)CCC(C)(C)C#N. The van der Waals surface area contributed by atoms with E-state index in [-0.39, 0.29) is 5.75 Å². The molecule has 0 aromatic heterocycles. The van der Waals surface area contributed by atoms with Gasteiger partial charge in [-0.2, -0.15) is 5.26 Å². The van der Waals surface area contributed by atoms with Crippen molar-refractivity contribution in [2.24, 2.45) is 11.1 Å². The van der Waals surface area contributed by atoms with Crippen LogP contribution in [0.4, 0.5) is 0 Å². The third-order valence-electron chi connectivity index (χ3n) is 2.50. The average molecular weight is 232 g/mol. The van der Waals surface area contributed by atoms with E-state index in [1.807, 2.05) is 0 Å². The van der Waals surface area contributed by atoms with Gasteiger partial charge in [0, 0.05) is 0 Å². The number of nitriles is 1. The van der Waals surface area contributed by atoms with E-state index in [1.54, 1.807) is 20.8 Å². The predicted molar refractivity (Wildman–Crippen MR) is 60.9 cm³/mol. The molecular weight excluding hydrogens is 212 g/mol. The molecule has 0 saturated carbocycles. The van der Waals surface area contributed by atoms with Crippen molar-refractivity contribution < 1.29 is 8.42 Å². The maximum Gasteiger partial charge on any atom is 0.153 e. The molecule has 0 amide bonds. The topological polar surface area (TPSA) is 84.0 Å². The van der Waals surface area contributed by atoms with Crippen LogP contribution in [0, 0.1) is 16.7 Å². The number of hydrogen-bond acceptors (Lipinski definition) is 4. The Bertz CT molecular complexity index is 328. The number of hydrogen-bond donors (Lipinski definition) is 1. The van der Waals surface area contributed by atoms with Crippen LogP contribution in [0.2, 0.25) is 0 Å². The Kier molecular flexibility index (Phi) is 5.26. The molecule has 0 fully saturated rings. The summed E-state index contributed by atoms with van der Waals surface area (Å²) in [5.74, 6) is 0.0642. The van der Waals surface area contributed by atoms with Crippen LogP contribution >= 0.6 is 0 Å². The summed E-state index contributed by atoms with van der Waals surface area (Å²) in [7, 11) is -3.10. The van der Waals surface area contributed by atoms with Crippen molar-refractivity contribution in [2.75, 3.05) is 12.3 Å². The molecule has 4 nitrogen and oxygen atoms in total. The summed E-state index contributed by atoms with van der Waals surface area (Å²) < 4.78 is 23.4. The summed E-state index contributed by atoms with van der Waals surface area (Å²) in [5, 5.41) is 8.36. The second kappa shape index (κ2) is 5.47. The van der Waals surface area contributed by atoms with E-state index in [0.29, 0.717) is 19.4 Å². The molecule has 0 rings (SSSR count). The van der Waals surface area contributed by atoms with Crippen LogP contribution in [-0.4, -0.2) is 26.0 Å². The zero-order valence-corrected chi connectivity index (χ0v) is 10.5. The van der Waals surface area contributed by atoms with Gasteiger partial charge in [0.2, 0.25) is 0 Å². The highest BCUT2D eigenvalue weighted by atomic mass is 32.2. The minimum Gasteiger partial charge on any atom is -0.330 e. The first-order chi connectivity index (χ1) is 6.75. The van der Waals surface area contributed by atoms with Gasteiger partial charge in [-0.25, -0.2) is 8.42 Å². The molecule has 0 aliphatic heterocycles. The van der Waals surface area contributed by atoms with Gasteiger partial charge in [0.15, 0.2) is 9.84 Å². The van der Waals surface area contributed by atoms with E-state index < -0.39 is 20.5 Å². The van der Waals surface area contributed by atoms with Crippen LogP contribution in [0.1, 0.15) is 33.6 Å². The molecule has 0 heterocycles. The highest BCUT2D eigenvalue weighted by molar-refractivity contribution is 7.92. The molecule has 0 spiro atoms. The molecule has 1 unspecified atom stereocenters. The van der Waals surface area contributed by atoms with Crippen molar-refractivity contribution >= 4 is 9.84 Å². The first kappa shape index (κ1) is 14.4. The Morgan fingerprint density at radius 2 is 2.00 bits per heavy atom. The fourth-order valence-electron chi connectivity index (χ4n) is 1.07. The highest BCUT2D eigenvalue weighted by Crippen LogP contribution is 2.21. The molecule has 0 aliphatic carbocycles. The van der Waals surface area contributed by atoms with Crippen molar-refractivity contribution in [1.82, 2.24) is 0 Å². The molecule has 15 heavy (non-hydrogen) atoms.